The molecule has 1 amide bonds. The molecule has 3 N–H and O–H groups in total. The van der Waals surface area contributed by atoms with Crippen molar-refractivity contribution in [1.82, 2.24) is 5.32 Å². The second-order valence-electron chi connectivity index (χ2n) is 4.74. The van der Waals surface area contributed by atoms with Gasteiger partial charge >= 0.3 is 5.97 Å². The summed E-state index contributed by atoms with van der Waals surface area (Å²) in [4.78, 5) is 22.9. The largest absolute Gasteiger partial charge is 0.508 e. The first-order valence-electron chi connectivity index (χ1n) is 6.29. The Kier molecular flexibility index (Phi) is 5.88. The fourth-order valence-corrected chi connectivity index (χ4v) is 2.34. The minimum Gasteiger partial charge on any atom is -0.508 e. The minimum absolute atomic E-state index is 0.130. The first-order chi connectivity index (χ1) is 9.36. The number of carboxylic acids is 1. The van der Waals surface area contributed by atoms with Crippen molar-refractivity contribution in [3.63, 3.8) is 0 Å². The van der Waals surface area contributed by atoms with E-state index in [-0.39, 0.29) is 17.6 Å². The molecule has 0 aliphatic rings. The summed E-state index contributed by atoms with van der Waals surface area (Å²) in [7, 11) is 0. The average molecular weight is 297 g/mol. The van der Waals surface area contributed by atoms with Crippen LogP contribution < -0.4 is 5.32 Å². The normalized spacial score (nSPS) is 15.2. The molecule has 0 spiro atoms. The third-order valence-electron chi connectivity index (χ3n) is 3.29. The first-order valence-corrected chi connectivity index (χ1v) is 6.93. The number of phenolic OH excluding ortho intramolecular Hbond substituents is 1. The van der Waals surface area contributed by atoms with E-state index >= 15 is 0 Å². The van der Waals surface area contributed by atoms with Crippen molar-refractivity contribution in [2.24, 2.45) is 5.92 Å². The van der Waals surface area contributed by atoms with Crippen molar-refractivity contribution >= 4 is 24.5 Å². The molecule has 110 valence electrons. The van der Waals surface area contributed by atoms with Crippen LogP contribution in [0, 0.1) is 5.92 Å². The van der Waals surface area contributed by atoms with Crippen molar-refractivity contribution in [2.45, 2.75) is 25.8 Å². The van der Waals surface area contributed by atoms with Gasteiger partial charge in [0.1, 0.15) is 11.8 Å². The summed E-state index contributed by atoms with van der Waals surface area (Å²) in [5, 5.41) is 20.5. The monoisotopic (exact) mass is 297 g/mol. The highest BCUT2D eigenvalue weighted by atomic mass is 32.1. The van der Waals surface area contributed by atoms with Crippen LogP contribution in [0.25, 0.3) is 0 Å². The second kappa shape index (κ2) is 7.19. The summed E-state index contributed by atoms with van der Waals surface area (Å²) in [6.07, 6.45) is 0. The number of rotatable bonds is 6. The third-order valence-corrected chi connectivity index (χ3v) is 3.68. The summed E-state index contributed by atoms with van der Waals surface area (Å²) in [5.74, 6) is -1.52. The molecule has 0 radical (unpaired) electrons. The van der Waals surface area contributed by atoms with E-state index in [2.05, 4.69) is 17.9 Å². The number of carboxylic acid groups (broad SMARTS) is 1. The van der Waals surface area contributed by atoms with Crippen molar-refractivity contribution in [3.8, 4) is 5.75 Å². The molecule has 20 heavy (non-hydrogen) atoms. The van der Waals surface area contributed by atoms with Gasteiger partial charge in [-0.1, -0.05) is 19.1 Å². The van der Waals surface area contributed by atoms with E-state index in [1.54, 1.807) is 24.3 Å². The molecule has 0 saturated heterocycles. The smallest absolute Gasteiger partial charge is 0.325 e. The zero-order valence-electron chi connectivity index (χ0n) is 11.4. The number of thiol groups is 1. The maximum absolute atomic E-state index is 12.1. The molecule has 0 aliphatic carbocycles. The number of benzene rings is 1. The van der Waals surface area contributed by atoms with Crippen molar-refractivity contribution in [2.75, 3.05) is 5.75 Å². The molecule has 3 unspecified atom stereocenters. The van der Waals surface area contributed by atoms with Crippen LogP contribution in [0.3, 0.4) is 0 Å². The number of aromatic hydroxyl groups is 1. The summed E-state index contributed by atoms with van der Waals surface area (Å²) >= 11 is 4.18. The molecule has 6 heteroatoms. The van der Waals surface area contributed by atoms with Crippen LogP contribution in [0.5, 0.6) is 5.75 Å². The number of nitrogens with one attached hydrogen (secondary N) is 1. The van der Waals surface area contributed by atoms with E-state index < -0.39 is 17.9 Å². The Bertz CT molecular complexity index is 475. The van der Waals surface area contributed by atoms with Gasteiger partial charge in [0.2, 0.25) is 5.91 Å². The predicted octanol–water partition coefficient (Wildman–Crippen LogP) is 1.63. The van der Waals surface area contributed by atoms with Crippen LogP contribution >= 0.6 is 12.6 Å². The Morgan fingerprint density at radius 2 is 1.80 bits per heavy atom. The van der Waals surface area contributed by atoms with Crippen LogP contribution in [0.1, 0.15) is 25.3 Å². The van der Waals surface area contributed by atoms with Crippen LogP contribution in [0.2, 0.25) is 0 Å². The SMILES string of the molecule is CC(NC(=O)C(CS)C(C)c1ccc(O)cc1)C(=O)O. The lowest BCUT2D eigenvalue weighted by atomic mass is 9.88. The zero-order valence-corrected chi connectivity index (χ0v) is 12.3. The van der Waals surface area contributed by atoms with Gasteiger partial charge in [0, 0.05) is 5.75 Å². The van der Waals surface area contributed by atoms with Gasteiger partial charge in [-0.2, -0.15) is 12.6 Å². The highest BCUT2D eigenvalue weighted by Gasteiger charge is 2.27. The third kappa shape index (κ3) is 4.16. The van der Waals surface area contributed by atoms with E-state index in [1.807, 2.05) is 6.92 Å². The predicted molar refractivity (Wildman–Crippen MR) is 79.1 cm³/mol. The number of aliphatic carboxylic acids is 1. The van der Waals surface area contributed by atoms with Crippen LogP contribution in [-0.4, -0.2) is 33.9 Å². The molecule has 0 heterocycles. The average Bonchev–Trinajstić information content (AvgIpc) is 2.39. The van der Waals surface area contributed by atoms with Gasteiger partial charge in [-0.15, -0.1) is 0 Å². The van der Waals surface area contributed by atoms with E-state index in [4.69, 9.17) is 5.11 Å². The standard InChI is InChI=1S/C14H19NO4S/c1-8(10-3-5-11(16)6-4-10)12(7-20)13(17)15-9(2)14(18)19/h3-6,8-9,12,16,20H,7H2,1-2H3,(H,15,17)(H,18,19). The van der Waals surface area contributed by atoms with E-state index in [1.165, 1.54) is 6.92 Å². The molecule has 0 bridgehead atoms. The molecular formula is C14H19NO4S. The molecule has 1 rings (SSSR count). The molecule has 0 saturated carbocycles. The van der Waals surface area contributed by atoms with Gasteiger partial charge in [-0.25, -0.2) is 0 Å². The number of hydrogen-bond acceptors (Lipinski definition) is 4. The molecule has 3 atom stereocenters. The molecule has 5 nitrogen and oxygen atoms in total. The molecule has 1 aromatic carbocycles. The minimum atomic E-state index is -1.08. The fourth-order valence-electron chi connectivity index (χ4n) is 1.86. The van der Waals surface area contributed by atoms with Crippen LogP contribution in [0.15, 0.2) is 24.3 Å². The highest BCUT2D eigenvalue weighted by Crippen LogP contribution is 2.27. The maximum Gasteiger partial charge on any atom is 0.325 e. The number of carbonyl (C=O) groups excluding carboxylic acids is 1. The van der Waals surface area contributed by atoms with Gasteiger partial charge in [-0.3, -0.25) is 9.59 Å². The van der Waals surface area contributed by atoms with Gasteiger partial charge in [0.15, 0.2) is 0 Å². The van der Waals surface area contributed by atoms with Crippen molar-refractivity contribution < 1.29 is 19.8 Å². The number of hydrogen-bond donors (Lipinski definition) is 4. The Balaban J connectivity index is 2.81. The Morgan fingerprint density at radius 1 is 1.25 bits per heavy atom. The fraction of sp³-hybridized carbons (Fsp3) is 0.429. The Labute approximate surface area is 123 Å². The lowest BCUT2D eigenvalue weighted by Gasteiger charge is -2.23. The molecule has 0 fully saturated rings. The highest BCUT2D eigenvalue weighted by molar-refractivity contribution is 7.80. The Hall–Kier alpha value is -1.69. The Morgan fingerprint density at radius 3 is 2.25 bits per heavy atom. The van der Waals surface area contributed by atoms with Gasteiger partial charge in [-0.05, 0) is 30.5 Å². The summed E-state index contributed by atoms with van der Waals surface area (Å²) in [6.45, 7) is 3.29. The number of phenols is 1. The van der Waals surface area contributed by atoms with E-state index in [9.17, 15) is 14.7 Å². The van der Waals surface area contributed by atoms with E-state index in [0.717, 1.165) is 5.56 Å². The summed E-state index contributed by atoms with van der Waals surface area (Å²) in [5.41, 5.74) is 0.889. The summed E-state index contributed by atoms with van der Waals surface area (Å²) < 4.78 is 0. The molecule has 0 aromatic heterocycles. The lowest BCUT2D eigenvalue weighted by molar-refractivity contribution is -0.141. The maximum atomic E-state index is 12.1. The molecule has 1 aromatic rings. The van der Waals surface area contributed by atoms with Crippen LogP contribution in [-0.2, 0) is 9.59 Å². The summed E-state index contributed by atoms with van der Waals surface area (Å²) in [6, 6.07) is 5.66. The van der Waals surface area contributed by atoms with E-state index in [0.29, 0.717) is 5.75 Å². The first kappa shape index (κ1) is 16.4. The number of amides is 1. The van der Waals surface area contributed by atoms with Crippen LogP contribution in [0.4, 0.5) is 0 Å². The lowest BCUT2D eigenvalue weighted by Crippen LogP contribution is -2.43. The second-order valence-corrected chi connectivity index (χ2v) is 5.10. The van der Waals surface area contributed by atoms with Gasteiger partial charge in [0.25, 0.3) is 0 Å². The van der Waals surface area contributed by atoms with Crippen molar-refractivity contribution in [1.29, 1.82) is 0 Å². The van der Waals surface area contributed by atoms with Gasteiger partial charge in [0.05, 0.1) is 5.92 Å². The van der Waals surface area contributed by atoms with Gasteiger partial charge < -0.3 is 15.5 Å². The molecule has 0 aliphatic heterocycles. The van der Waals surface area contributed by atoms with Crippen molar-refractivity contribution in [3.05, 3.63) is 29.8 Å². The zero-order chi connectivity index (χ0) is 15.3. The molecular weight excluding hydrogens is 278 g/mol. The number of carbonyl (C=O) groups is 2. The topological polar surface area (TPSA) is 86.6 Å². The quantitative estimate of drug-likeness (QED) is 0.601.